The molecular weight excluding hydrogens is 391 g/mol. The number of rotatable bonds is 5. The molecule has 24 heavy (non-hydrogen) atoms. The molecule has 0 N–H and O–H groups in total. The predicted octanol–water partition coefficient (Wildman–Crippen LogP) is 3.10. The van der Waals surface area contributed by atoms with Gasteiger partial charge in [-0.05, 0) is 12.1 Å². The molecular formula is C17H15F2N2O2Y-. The molecule has 123 valence electrons. The minimum Gasteiger partial charge on any atom is -0.479 e. The van der Waals surface area contributed by atoms with E-state index in [1.807, 2.05) is 6.07 Å². The first-order valence-corrected chi connectivity index (χ1v) is 6.95. The van der Waals surface area contributed by atoms with Gasteiger partial charge in [0.15, 0.2) is 12.2 Å². The van der Waals surface area contributed by atoms with E-state index in [9.17, 15) is 13.6 Å². The molecule has 0 aliphatic heterocycles. The van der Waals surface area contributed by atoms with Gasteiger partial charge in [0, 0.05) is 32.7 Å². The van der Waals surface area contributed by atoms with Gasteiger partial charge in [0.1, 0.15) is 11.8 Å². The number of aromatic nitrogens is 1. The van der Waals surface area contributed by atoms with E-state index in [-0.39, 0.29) is 39.3 Å². The van der Waals surface area contributed by atoms with Gasteiger partial charge in [-0.1, -0.05) is 36.2 Å². The molecule has 1 aromatic carbocycles. The molecule has 1 heterocycles. The maximum atomic E-state index is 12.8. The van der Waals surface area contributed by atoms with Crippen molar-refractivity contribution in [1.82, 2.24) is 4.57 Å². The third kappa shape index (κ3) is 4.72. The Bertz CT molecular complexity index is 813. The standard InChI is InChI=1S/C17H15F2N2O2.Y/c1-11-3-6-15(21(17(11)22)10-16(18)19)14-5-4-13(9-12(14)2)23-8-7-20;/h3-5,9,16H,8,10H2,1-2H3;/q-1;. The third-order valence-electron chi connectivity index (χ3n) is 3.35. The second-order valence-electron chi connectivity index (χ2n) is 5.05. The molecule has 0 aliphatic carbocycles. The molecule has 1 radical (unpaired) electrons. The third-order valence-corrected chi connectivity index (χ3v) is 3.35. The van der Waals surface area contributed by atoms with Crippen LogP contribution in [0.25, 0.3) is 11.3 Å². The van der Waals surface area contributed by atoms with Crippen molar-refractivity contribution in [3.8, 4) is 23.1 Å². The van der Waals surface area contributed by atoms with E-state index < -0.39 is 18.5 Å². The number of nitrogens with zero attached hydrogens (tertiary/aromatic N) is 2. The van der Waals surface area contributed by atoms with Crippen LogP contribution in [0.3, 0.4) is 0 Å². The summed E-state index contributed by atoms with van der Waals surface area (Å²) in [4.78, 5) is 12.2. The fourth-order valence-corrected chi connectivity index (χ4v) is 2.27. The maximum Gasteiger partial charge on any atom is 0.256 e. The molecule has 0 bridgehead atoms. The maximum absolute atomic E-state index is 12.8. The Morgan fingerprint density at radius 2 is 2.04 bits per heavy atom. The molecule has 0 spiro atoms. The van der Waals surface area contributed by atoms with E-state index in [2.05, 4.69) is 6.07 Å². The molecule has 0 saturated carbocycles. The van der Waals surface area contributed by atoms with E-state index in [1.165, 1.54) is 6.07 Å². The van der Waals surface area contributed by atoms with Crippen molar-refractivity contribution in [2.24, 2.45) is 0 Å². The Balaban J connectivity index is 0.00000288. The Kier molecular flexibility index (Phi) is 7.72. The quantitative estimate of drug-likeness (QED) is 0.718. The van der Waals surface area contributed by atoms with Crippen molar-refractivity contribution < 1.29 is 46.2 Å². The zero-order valence-corrected chi connectivity index (χ0v) is 16.2. The van der Waals surface area contributed by atoms with Crippen LogP contribution in [-0.2, 0) is 39.3 Å². The van der Waals surface area contributed by atoms with Crippen molar-refractivity contribution in [3.05, 3.63) is 51.8 Å². The van der Waals surface area contributed by atoms with Gasteiger partial charge in [0.25, 0.3) is 6.43 Å². The van der Waals surface area contributed by atoms with Gasteiger partial charge in [-0.25, -0.2) is 8.78 Å². The molecule has 1 aromatic heterocycles. The fraction of sp³-hybridized carbons (Fsp3) is 0.294. The summed E-state index contributed by atoms with van der Waals surface area (Å²) in [6.45, 7) is 2.58. The van der Waals surface area contributed by atoms with Crippen LogP contribution in [-0.4, -0.2) is 17.6 Å². The van der Waals surface area contributed by atoms with Crippen LogP contribution in [0.4, 0.5) is 8.78 Å². The zero-order chi connectivity index (χ0) is 17.0. The SMILES string of the molecule is Cc1cc(OCC#N)ccc1-c1[c-]cc(C)c(=O)n1CC(F)F.[Y]. The number of aryl methyl sites for hydroxylation is 2. The number of ether oxygens (including phenoxy) is 1. The van der Waals surface area contributed by atoms with Crippen molar-refractivity contribution in [2.45, 2.75) is 26.8 Å². The Morgan fingerprint density at radius 1 is 1.33 bits per heavy atom. The summed E-state index contributed by atoms with van der Waals surface area (Å²) >= 11 is 0. The van der Waals surface area contributed by atoms with Crippen molar-refractivity contribution in [3.63, 3.8) is 0 Å². The van der Waals surface area contributed by atoms with E-state index in [0.717, 1.165) is 10.1 Å². The van der Waals surface area contributed by atoms with Crippen molar-refractivity contribution in [1.29, 1.82) is 5.26 Å². The van der Waals surface area contributed by atoms with E-state index in [4.69, 9.17) is 10.00 Å². The molecule has 0 unspecified atom stereocenters. The van der Waals surface area contributed by atoms with Gasteiger partial charge < -0.3 is 9.30 Å². The van der Waals surface area contributed by atoms with E-state index >= 15 is 0 Å². The van der Waals surface area contributed by atoms with Crippen LogP contribution < -0.4 is 10.3 Å². The normalized spacial score (nSPS) is 10.2. The first-order valence-electron chi connectivity index (χ1n) is 6.95. The number of benzene rings is 1. The Labute approximate surface area is 163 Å². The van der Waals surface area contributed by atoms with Crippen LogP contribution in [0.2, 0.25) is 0 Å². The molecule has 7 heteroatoms. The summed E-state index contributed by atoms with van der Waals surface area (Å²) < 4.78 is 31.9. The molecule has 0 amide bonds. The number of hydrogen-bond donors (Lipinski definition) is 0. The molecule has 0 saturated heterocycles. The van der Waals surface area contributed by atoms with Crippen LogP contribution in [0.15, 0.2) is 29.1 Å². The van der Waals surface area contributed by atoms with Crippen LogP contribution in [0.5, 0.6) is 5.75 Å². The van der Waals surface area contributed by atoms with Crippen molar-refractivity contribution in [2.75, 3.05) is 6.61 Å². The smallest absolute Gasteiger partial charge is 0.256 e. The summed E-state index contributed by atoms with van der Waals surface area (Å²) in [5.74, 6) is 0.502. The predicted molar refractivity (Wildman–Crippen MR) is 81.6 cm³/mol. The molecule has 2 aromatic rings. The van der Waals surface area contributed by atoms with Gasteiger partial charge >= 0.3 is 0 Å². The van der Waals surface area contributed by atoms with Crippen LogP contribution in [0.1, 0.15) is 11.1 Å². The van der Waals surface area contributed by atoms with E-state index in [1.54, 1.807) is 32.0 Å². The number of nitriles is 1. The summed E-state index contributed by atoms with van der Waals surface area (Å²) in [5.41, 5.74) is 1.57. The minimum atomic E-state index is -2.64. The second-order valence-corrected chi connectivity index (χ2v) is 5.05. The van der Waals surface area contributed by atoms with Crippen LogP contribution >= 0.6 is 0 Å². The first-order chi connectivity index (χ1) is 10.9. The zero-order valence-electron chi connectivity index (χ0n) is 13.3. The summed E-state index contributed by atoms with van der Waals surface area (Å²) in [7, 11) is 0. The summed E-state index contributed by atoms with van der Waals surface area (Å²) in [6.07, 6.45) is -2.64. The Morgan fingerprint density at radius 3 is 2.62 bits per heavy atom. The van der Waals surface area contributed by atoms with Gasteiger partial charge in [-0.2, -0.15) is 17.4 Å². The van der Waals surface area contributed by atoms with E-state index in [0.29, 0.717) is 22.6 Å². The largest absolute Gasteiger partial charge is 0.479 e. The average Bonchev–Trinajstić information content (AvgIpc) is 2.50. The fourth-order valence-electron chi connectivity index (χ4n) is 2.27. The molecule has 2 rings (SSSR count). The van der Waals surface area contributed by atoms with Crippen molar-refractivity contribution >= 4 is 0 Å². The van der Waals surface area contributed by atoms with Gasteiger partial charge in [0.2, 0.25) is 0 Å². The average molecular weight is 406 g/mol. The Hall–Kier alpha value is -1.58. The van der Waals surface area contributed by atoms with Gasteiger partial charge in [-0.3, -0.25) is 4.79 Å². The minimum absolute atomic E-state index is 0. The molecule has 4 nitrogen and oxygen atoms in total. The first kappa shape index (κ1) is 20.5. The molecule has 0 aliphatic rings. The number of hydrogen-bond acceptors (Lipinski definition) is 3. The van der Waals surface area contributed by atoms with Gasteiger partial charge in [0.05, 0.1) is 6.54 Å². The summed E-state index contributed by atoms with van der Waals surface area (Å²) in [5, 5.41) is 8.52. The number of halogens is 2. The topological polar surface area (TPSA) is 55.0 Å². The number of alkyl halides is 2. The monoisotopic (exact) mass is 406 g/mol. The van der Waals surface area contributed by atoms with Crippen LogP contribution in [0, 0.1) is 31.2 Å². The summed E-state index contributed by atoms with van der Waals surface area (Å²) in [6, 6.07) is 11.3. The molecule has 0 atom stereocenters. The molecule has 0 fully saturated rings. The van der Waals surface area contributed by atoms with Gasteiger partial charge in [-0.15, -0.1) is 6.07 Å². The number of pyridine rings is 1. The second kappa shape index (κ2) is 9.05.